The Labute approximate surface area is 105 Å². The lowest BCUT2D eigenvalue weighted by atomic mass is 10.1. The zero-order valence-corrected chi connectivity index (χ0v) is 12.4. The van der Waals surface area contributed by atoms with E-state index in [0.717, 1.165) is 12.5 Å². The SMILES string of the molecule is CO[Si](CCc1cc(C)cc(C)c1)(OC)OC. The van der Waals surface area contributed by atoms with Crippen LogP contribution < -0.4 is 0 Å². The fourth-order valence-electron chi connectivity index (χ4n) is 2.07. The molecular weight excluding hydrogens is 232 g/mol. The van der Waals surface area contributed by atoms with Crippen molar-refractivity contribution >= 4 is 8.80 Å². The summed E-state index contributed by atoms with van der Waals surface area (Å²) >= 11 is 0. The van der Waals surface area contributed by atoms with Crippen LogP contribution in [0.4, 0.5) is 0 Å². The highest BCUT2D eigenvalue weighted by Gasteiger charge is 2.37. The van der Waals surface area contributed by atoms with Crippen molar-refractivity contribution in [1.29, 1.82) is 0 Å². The summed E-state index contributed by atoms with van der Waals surface area (Å²) in [6.07, 6.45) is 0.921. The molecule has 0 radical (unpaired) electrons. The molecule has 0 aromatic heterocycles. The van der Waals surface area contributed by atoms with E-state index < -0.39 is 8.80 Å². The van der Waals surface area contributed by atoms with Crippen LogP contribution in [0.2, 0.25) is 6.04 Å². The van der Waals surface area contributed by atoms with E-state index in [-0.39, 0.29) is 0 Å². The van der Waals surface area contributed by atoms with E-state index in [1.165, 1.54) is 16.7 Å². The maximum atomic E-state index is 5.41. The highest BCUT2D eigenvalue weighted by molar-refractivity contribution is 6.60. The molecule has 0 saturated carbocycles. The van der Waals surface area contributed by atoms with Crippen molar-refractivity contribution in [2.45, 2.75) is 26.3 Å². The molecule has 0 bridgehead atoms. The molecule has 0 N–H and O–H groups in total. The highest BCUT2D eigenvalue weighted by Crippen LogP contribution is 2.18. The van der Waals surface area contributed by atoms with Crippen molar-refractivity contribution in [1.82, 2.24) is 0 Å². The van der Waals surface area contributed by atoms with E-state index in [1.54, 1.807) is 21.3 Å². The van der Waals surface area contributed by atoms with Crippen molar-refractivity contribution in [3.05, 3.63) is 34.9 Å². The molecule has 1 rings (SSSR count). The third-order valence-electron chi connectivity index (χ3n) is 2.93. The Morgan fingerprint density at radius 2 is 1.35 bits per heavy atom. The number of hydrogen-bond donors (Lipinski definition) is 0. The van der Waals surface area contributed by atoms with Gasteiger partial charge in [0, 0.05) is 27.4 Å². The van der Waals surface area contributed by atoms with E-state index in [9.17, 15) is 0 Å². The van der Waals surface area contributed by atoms with Crippen molar-refractivity contribution in [2.24, 2.45) is 0 Å². The van der Waals surface area contributed by atoms with E-state index in [2.05, 4.69) is 32.0 Å². The highest BCUT2D eigenvalue weighted by atomic mass is 28.4. The Kier molecular flexibility index (Phi) is 5.33. The summed E-state index contributed by atoms with van der Waals surface area (Å²) in [4.78, 5) is 0. The van der Waals surface area contributed by atoms with Crippen LogP contribution in [0.1, 0.15) is 16.7 Å². The van der Waals surface area contributed by atoms with Gasteiger partial charge in [0.1, 0.15) is 0 Å². The molecule has 0 spiro atoms. The molecule has 0 aliphatic heterocycles. The van der Waals surface area contributed by atoms with Crippen LogP contribution in [0.15, 0.2) is 18.2 Å². The molecule has 1 aromatic rings. The second kappa shape index (κ2) is 6.30. The number of rotatable bonds is 6. The minimum Gasteiger partial charge on any atom is -0.377 e. The molecular formula is C13H22O3Si. The van der Waals surface area contributed by atoms with Gasteiger partial charge in [-0.05, 0) is 25.8 Å². The first kappa shape index (κ1) is 14.4. The third kappa shape index (κ3) is 3.92. The van der Waals surface area contributed by atoms with Crippen LogP contribution in [-0.4, -0.2) is 30.1 Å². The first-order valence-corrected chi connectivity index (χ1v) is 7.71. The molecule has 1 aromatic carbocycles. The van der Waals surface area contributed by atoms with Gasteiger partial charge in [0.15, 0.2) is 0 Å². The standard InChI is InChI=1S/C13H22O3Si/c1-11-8-12(2)10-13(9-11)6-7-17(14-3,15-4)16-5/h8-10H,6-7H2,1-5H3. The molecule has 0 heterocycles. The van der Waals surface area contributed by atoms with E-state index in [0.29, 0.717) is 0 Å². The number of hydrogen-bond acceptors (Lipinski definition) is 3. The summed E-state index contributed by atoms with van der Waals surface area (Å²) in [5.74, 6) is 0. The van der Waals surface area contributed by atoms with E-state index in [4.69, 9.17) is 13.3 Å². The molecule has 0 atom stereocenters. The van der Waals surface area contributed by atoms with Gasteiger partial charge < -0.3 is 13.3 Å². The lowest BCUT2D eigenvalue weighted by Gasteiger charge is -2.24. The van der Waals surface area contributed by atoms with Crippen LogP contribution in [0.5, 0.6) is 0 Å². The van der Waals surface area contributed by atoms with Gasteiger partial charge in [-0.2, -0.15) is 0 Å². The molecule has 0 amide bonds. The number of aryl methyl sites for hydroxylation is 3. The minimum absolute atomic E-state index is 0.805. The maximum Gasteiger partial charge on any atom is 0.500 e. The van der Waals surface area contributed by atoms with E-state index in [1.807, 2.05) is 0 Å². The van der Waals surface area contributed by atoms with Crippen molar-refractivity contribution in [3.8, 4) is 0 Å². The molecule has 3 nitrogen and oxygen atoms in total. The van der Waals surface area contributed by atoms with Crippen molar-refractivity contribution < 1.29 is 13.3 Å². The first-order chi connectivity index (χ1) is 8.05. The summed E-state index contributed by atoms with van der Waals surface area (Å²) in [6, 6.07) is 7.39. The second-order valence-electron chi connectivity index (χ2n) is 4.29. The average molecular weight is 254 g/mol. The summed E-state index contributed by atoms with van der Waals surface area (Å²) in [5.41, 5.74) is 3.89. The fraction of sp³-hybridized carbons (Fsp3) is 0.538. The van der Waals surface area contributed by atoms with Gasteiger partial charge in [0.25, 0.3) is 0 Å². The first-order valence-electron chi connectivity index (χ1n) is 5.78. The predicted molar refractivity (Wildman–Crippen MR) is 71.2 cm³/mol. The van der Waals surface area contributed by atoms with Gasteiger partial charge in [-0.25, -0.2) is 0 Å². The van der Waals surface area contributed by atoms with Gasteiger partial charge in [-0.15, -0.1) is 0 Å². The molecule has 17 heavy (non-hydrogen) atoms. The summed E-state index contributed by atoms with van der Waals surface area (Å²) in [6.45, 7) is 4.23. The molecule has 0 unspecified atom stereocenters. The molecule has 0 fully saturated rings. The molecule has 4 heteroatoms. The molecule has 0 aliphatic carbocycles. The fourth-order valence-corrected chi connectivity index (χ4v) is 3.77. The van der Waals surface area contributed by atoms with Crippen molar-refractivity contribution in [2.75, 3.05) is 21.3 Å². The van der Waals surface area contributed by atoms with Crippen LogP contribution >= 0.6 is 0 Å². The van der Waals surface area contributed by atoms with Crippen LogP contribution in [0, 0.1) is 13.8 Å². The lowest BCUT2D eigenvalue weighted by molar-refractivity contribution is 0.123. The smallest absolute Gasteiger partial charge is 0.377 e. The van der Waals surface area contributed by atoms with Crippen molar-refractivity contribution in [3.63, 3.8) is 0 Å². The quantitative estimate of drug-likeness (QED) is 0.731. The Morgan fingerprint density at radius 3 is 1.76 bits per heavy atom. The molecule has 0 aliphatic rings. The van der Waals surface area contributed by atoms with Crippen LogP contribution in [0.25, 0.3) is 0 Å². The van der Waals surface area contributed by atoms with Gasteiger partial charge in [-0.1, -0.05) is 29.3 Å². The second-order valence-corrected chi connectivity index (χ2v) is 7.38. The normalized spacial score (nSPS) is 11.8. The van der Waals surface area contributed by atoms with E-state index >= 15 is 0 Å². The van der Waals surface area contributed by atoms with Gasteiger partial charge in [0.2, 0.25) is 0 Å². The summed E-state index contributed by atoms with van der Waals surface area (Å²) < 4.78 is 16.2. The monoisotopic (exact) mass is 254 g/mol. The Balaban J connectivity index is 2.71. The topological polar surface area (TPSA) is 27.7 Å². The lowest BCUT2D eigenvalue weighted by Crippen LogP contribution is -2.43. The van der Waals surface area contributed by atoms with Crippen LogP contribution in [0.3, 0.4) is 0 Å². The Hall–Kier alpha value is -0.683. The summed E-state index contributed by atoms with van der Waals surface area (Å²) in [7, 11) is 2.53. The Morgan fingerprint density at radius 1 is 0.882 bits per heavy atom. The maximum absolute atomic E-state index is 5.41. The van der Waals surface area contributed by atoms with Gasteiger partial charge in [0.05, 0.1) is 0 Å². The largest absolute Gasteiger partial charge is 0.500 e. The Bertz CT molecular complexity index is 333. The molecule has 96 valence electrons. The summed E-state index contributed by atoms with van der Waals surface area (Å²) in [5, 5.41) is 0. The zero-order chi connectivity index (χ0) is 12.9. The van der Waals surface area contributed by atoms with Crippen LogP contribution in [-0.2, 0) is 19.7 Å². The zero-order valence-electron chi connectivity index (χ0n) is 11.4. The molecule has 0 saturated heterocycles. The average Bonchev–Trinajstić information content (AvgIpc) is 2.30. The minimum atomic E-state index is -2.43. The van der Waals surface area contributed by atoms with Gasteiger partial charge >= 0.3 is 8.80 Å². The van der Waals surface area contributed by atoms with Gasteiger partial charge in [-0.3, -0.25) is 0 Å². The predicted octanol–water partition coefficient (Wildman–Crippen LogP) is 2.72. The number of benzene rings is 1. The third-order valence-corrected chi connectivity index (χ3v) is 5.66.